The summed E-state index contributed by atoms with van der Waals surface area (Å²) in [4.78, 5) is 35.4. The van der Waals surface area contributed by atoms with E-state index in [9.17, 15) is 9.59 Å². The molecule has 2 aromatic heterocycles. The van der Waals surface area contributed by atoms with Crippen LogP contribution in [0, 0.1) is 11.3 Å². The number of hydrogen-bond donors (Lipinski definition) is 0. The van der Waals surface area contributed by atoms with Crippen molar-refractivity contribution in [3.8, 4) is 0 Å². The lowest BCUT2D eigenvalue weighted by Crippen LogP contribution is -2.41. The third-order valence-corrected chi connectivity index (χ3v) is 7.05. The van der Waals surface area contributed by atoms with Gasteiger partial charge >= 0.3 is 0 Å². The zero-order chi connectivity index (χ0) is 21.0. The van der Waals surface area contributed by atoms with Gasteiger partial charge in [0.05, 0.1) is 17.4 Å². The van der Waals surface area contributed by atoms with Gasteiger partial charge in [-0.2, -0.15) is 5.10 Å². The summed E-state index contributed by atoms with van der Waals surface area (Å²) < 4.78 is 3.71. The molecule has 5 rings (SSSR count). The number of imidazole rings is 1. The van der Waals surface area contributed by atoms with Crippen molar-refractivity contribution in [3.63, 3.8) is 0 Å². The third-order valence-electron chi connectivity index (χ3n) is 7.05. The van der Waals surface area contributed by atoms with Gasteiger partial charge in [0.2, 0.25) is 5.91 Å². The highest BCUT2D eigenvalue weighted by Gasteiger charge is 2.59. The van der Waals surface area contributed by atoms with Crippen LogP contribution in [0.4, 0.5) is 0 Å². The minimum atomic E-state index is -0.574. The fourth-order valence-electron chi connectivity index (χ4n) is 5.06. The normalized spacial score (nSPS) is 26.5. The van der Waals surface area contributed by atoms with Gasteiger partial charge in [-0.25, -0.2) is 4.98 Å². The van der Waals surface area contributed by atoms with E-state index in [1.807, 2.05) is 16.1 Å². The van der Waals surface area contributed by atoms with E-state index >= 15 is 0 Å². The van der Waals surface area contributed by atoms with Crippen molar-refractivity contribution < 1.29 is 9.59 Å². The molecule has 2 aromatic rings. The van der Waals surface area contributed by atoms with Gasteiger partial charge in [-0.1, -0.05) is 0 Å². The molecule has 8 nitrogen and oxygen atoms in total. The SMILES string of the molecule is CC(C)n1cnc([C@H]2CN(C(=O)c3ccn(C)n3)C[C@]23CCN(CC2CC2)C3=O)c1. The molecule has 0 aromatic carbocycles. The number of nitrogens with zero attached hydrogens (tertiary/aromatic N) is 6. The first-order valence-corrected chi connectivity index (χ1v) is 11.0. The summed E-state index contributed by atoms with van der Waals surface area (Å²) >= 11 is 0. The highest BCUT2D eigenvalue weighted by Crippen LogP contribution is 2.50. The number of aromatic nitrogens is 4. The van der Waals surface area contributed by atoms with Crippen molar-refractivity contribution >= 4 is 11.8 Å². The summed E-state index contributed by atoms with van der Waals surface area (Å²) in [6.07, 6.45) is 8.91. The molecule has 1 spiro atoms. The minimum absolute atomic E-state index is 0.0816. The van der Waals surface area contributed by atoms with E-state index in [0.29, 0.717) is 30.7 Å². The average Bonchev–Trinajstić information content (AvgIpc) is 3.08. The van der Waals surface area contributed by atoms with Gasteiger partial charge in [-0.05, 0) is 45.1 Å². The van der Waals surface area contributed by atoms with Crippen LogP contribution in [0.1, 0.15) is 61.3 Å². The molecule has 0 bridgehead atoms. The molecule has 2 aliphatic heterocycles. The van der Waals surface area contributed by atoms with Crippen LogP contribution in [0.2, 0.25) is 0 Å². The van der Waals surface area contributed by atoms with Crippen molar-refractivity contribution in [2.75, 3.05) is 26.2 Å². The Balaban J connectivity index is 1.47. The summed E-state index contributed by atoms with van der Waals surface area (Å²) in [5, 5.41) is 4.29. The number of amides is 2. The number of rotatable bonds is 5. The van der Waals surface area contributed by atoms with Crippen LogP contribution >= 0.6 is 0 Å². The second-order valence-corrected chi connectivity index (χ2v) is 9.55. The fraction of sp³-hybridized carbons (Fsp3) is 0.636. The molecule has 30 heavy (non-hydrogen) atoms. The predicted octanol–water partition coefficient (Wildman–Crippen LogP) is 2.07. The molecule has 4 heterocycles. The molecular formula is C22H30N6O2. The topological polar surface area (TPSA) is 76.3 Å². The molecule has 160 valence electrons. The van der Waals surface area contributed by atoms with E-state index in [4.69, 9.17) is 0 Å². The van der Waals surface area contributed by atoms with Gasteiger partial charge in [0.1, 0.15) is 5.69 Å². The Hall–Kier alpha value is -2.64. The van der Waals surface area contributed by atoms with Gasteiger partial charge < -0.3 is 14.4 Å². The van der Waals surface area contributed by atoms with Crippen LogP contribution in [0.15, 0.2) is 24.8 Å². The first-order chi connectivity index (χ1) is 14.4. The summed E-state index contributed by atoms with van der Waals surface area (Å²) in [6.45, 7) is 6.83. The third kappa shape index (κ3) is 3.13. The zero-order valence-electron chi connectivity index (χ0n) is 18.0. The largest absolute Gasteiger partial charge is 0.342 e. The lowest BCUT2D eigenvalue weighted by Gasteiger charge is -2.27. The minimum Gasteiger partial charge on any atom is -0.342 e. The molecule has 1 aliphatic carbocycles. The smallest absolute Gasteiger partial charge is 0.274 e. The maximum Gasteiger partial charge on any atom is 0.274 e. The van der Waals surface area contributed by atoms with E-state index in [-0.39, 0.29) is 17.7 Å². The zero-order valence-corrected chi connectivity index (χ0v) is 18.0. The highest BCUT2D eigenvalue weighted by molar-refractivity contribution is 5.94. The first kappa shape index (κ1) is 19.3. The van der Waals surface area contributed by atoms with Crippen LogP contribution < -0.4 is 0 Å². The van der Waals surface area contributed by atoms with E-state index in [1.165, 1.54) is 12.8 Å². The van der Waals surface area contributed by atoms with Crippen LogP contribution in [0.3, 0.4) is 0 Å². The standard InChI is InChI=1S/C22H30N6O2/c1-15(2)28-12-19(23-14-28)17-11-27(20(29)18-6-8-25(3)24-18)13-22(17)7-9-26(21(22)30)10-16-4-5-16/h6,8,12,14-17H,4-5,7,9-11,13H2,1-3H3/t17-,22-/m1/s1. The molecule has 1 saturated carbocycles. The quantitative estimate of drug-likeness (QED) is 0.756. The maximum atomic E-state index is 13.7. The Morgan fingerprint density at radius 2 is 2.13 bits per heavy atom. The molecular weight excluding hydrogens is 380 g/mol. The molecule has 0 N–H and O–H groups in total. The molecule has 2 amide bonds. The molecule has 3 fully saturated rings. The van der Waals surface area contributed by atoms with Crippen LogP contribution in [-0.2, 0) is 11.8 Å². The van der Waals surface area contributed by atoms with Gasteiger partial charge in [0.25, 0.3) is 5.91 Å². The van der Waals surface area contributed by atoms with Gasteiger partial charge in [-0.15, -0.1) is 0 Å². The molecule has 2 atom stereocenters. The fourth-order valence-corrected chi connectivity index (χ4v) is 5.06. The van der Waals surface area contributed by atoms with E-state index in [0.717, 1.165) is 25.2 Å². The van der Waals surface area contributed by atoms with Crippen LogP contribution in [0.5, 0.6) is 0 Å². The lowest BCUT2D eigenvalue weighted by atomic mass is 9.75. The second kappa shape index (κ2) is 6.96. The Labute approximate surface area is 176 Å². The maximum absolute atomic E-state index is 13.7. The second-order valence-electron chi connectivity index (χ2n) is 9.55. The van der Waals surface area contributed by atoms with Crippen molar-refractivity contribution in [2.45, 2.75) is 45.1 Å². The Morgan fingerprint density at radius 3 is 2.77 bits per heavy atom. The first-order valence-electron chi connectivity index (χ1n) is 11.0. The van der Waals surface area contributed by atoms with E-state index in [2.05, 4.69) is 34.7 Å². The number of aryl methyl sites for hydroxylation is 1. The highest BCUT2D eigenvalue weighted by atomic mass is 16.2. The Morgan fingerprint density at radius 1 is 1.33 bits per heavy atom. The van der Waals surface area contributed by atoms with Gasteiger partial charge in [0, 0.05) is 57.6 Å². The number of likely N-dealkylation sites (tertiary alicyclic amines) is 2. The van der Waals surface area contributed by atoms with Crippen LogP contribution in [-0.4, -0.2) is 67.1 Å². The molecule has 0 unspecified atom stereocenters. The molecule has 2 saturated heterocycles. The monoisotopic (exact) mass is 410 g/mol. The Kier molecular flexibility index (Phi) is 4.48. The average molecular weight is 411 g/mol. The van der Waals surface area contributed by atoms with Gasteiger partial charge in [0.15, 0.2) is 0 Å². The predicted molar refractivity (Wildman–Crippen MR) is 111 cm³/mol. The van der Waals surface area contributed by atoms with Crippen molar-refractivity contribution in [3.05, 3.63) is 36.2 Å². The summed E-state index contributed by atoms with van der Waals surface area (Å²) in [5.41, 5.74) is 0.776. The Bertz CT molecular complexity index is 974. The lowest BCUT2D eigenvalue weighted by molar-refractivity contribution is -0.136. The van der Waals surface area contributed by atoms with Gasteiger partial charge in [-0.3, -0.25) is 14.3 Å². The molecule has 8 heteroatoms. The van der Waals surface area contributed by atoms with E-state index < -0.39 is 5.41 Å². The van der Waals surface area contributed by atoms with Crippen molar-refractivity contribution in [2.24, 2.45) is 18.4 Å². The number of hydrogen-bond acceptors (Lipinski definition) is 4. The summed E-state index contributed by atoms with van der Waals surface area (Å²) in [6, 6.07) is 2.05. The van der Waals surface area contributed by atoms with Crippen molar-refractivity contribution in [1.82, 2.24) is 29.1 Å². The molecule has 3 aliphatic rings. The summed E-state index contributed by atoms with van der Waals surface area (Å²) in [7, 11) is 1.81. The van der Waals surface area contributed by atoms with Crippen LogP contribution in [0.25, 0.3) is 0 Å². The number of carbonyl (C=O) groups excluding carboxylic acids is 2. The summed E-state index contributed by atoms with van der Waals surface area (Å²) in [5.74, 6) is 0.682. The number of carbonyl (C=O) groups is 2. The van der Waals surface area contributed by atoms with Crippen molar-refractivity contribution in [1.29, 1.82) is 0 Å². The molecule has 0 radical (unpaired) electrons. The van der Waals surface area contributed by atoms with E-state index in [1.54, 1.807) is 24.0 Å².